The Hall–Kier alpha value is -2.50. The number of benzene rings is 2. The van der Waals surface area contributed by atoms with Crippen molar-refractivity contribution >= 4 is 45.3 Å². The van der Waals surface area contributed by atoms with E-state index in [0.29, 0.717) is 5.52 Å². The SMILES string of the molecule is OB(O)c1ccc2c3ccccc3c3cccnc3c2n1. The lowest BCUT2D eigenvalue weighted by molar-refractivity contribution is 0.424. The molecule has 2 aromatic heterocycles. The lowest BCUT2D eigenvalue weighted by atomic mass is 9.85. The fraction of sp³-hybridized carbons (Fsp3) is 0. The van der Waals surface area contributed by atoms with Crippen LogP contribution in [0.2, 0.25) is 0 Å². The van der Waals surface area contributed by atoms with Gasteiger partial charge in [-0.2, -0.15) is 0 Å². The zero-order chi connectivity index (χ0) is 14.4. The van der Waals surface area contributed by atoms with Crippen LogP contribution < -0.4 is 5.59 Å². The summed E-state index contributed by atoms with van der Waals surface area (Å²) in [5, 5.41) is 22.9. The van der Waals surface area contributed by atoms with Crippen molar-refractivity contribution in [1.29, 1.82) is 0 Å². The first-order valence-corrected chi connectivity index (χ1v) is 6.68. The number of hydrogen-bond donors (Lipinski definition) is 2. The normalized spacial score (nSPS) is 11.3. The smallest absolute Gasteiger partial charge is 0.422 e. The van der Waals surface area contributed by atoms with Gasteiger partial charge in [0.2, 0.25) is 0 Å². The fourth-order valence-electron chi connectivity index (χ4n) is 2.78. The summed E-state index contributed by atoms with van der Waals surface area (Å²) in [5.41, 5.74) is 1.69. The standard InChI is InChI=1S/C16H11BN2O2/c20-17(21)14-8-7-13-11-5-2-1-4-10(11)12-6-3-9-18-15(12)16(13)19-14/h1-9,20-21H. The molecule has 2 N–H and O–H groups in total. The molecule has 0 bridgehead atoms. The van der Waals surface area contributed by atoms with Crippen LogP contribution in [-0.4, -0.2) is 27.1 Å². The molecule has 0 atom stereocenters. The van der Waals surface area contributed by atoms with Gasteiger partial charge in [0.1, 0.15) is 0 Å². The van der Waals surface area contributed by atoms with E-state index >= 15 is 0 Å². The van der Waals surface area contributed by atoms with Gasteiger partial charge in [-0.15, -0.1) is 0 Å². The summed E-state index contributed by atoms with van der Waals surface area (Å²) in [6, 6.07) is 15.5. The molecule has 4 aromatic rings. The fourth-order valence-corrected chi connectivity index (χ4v) is 2.78. The first kappa shape index (κ1) is 12.3. The molecule has 0 fully saturated rings. The average molecular weight is 274 g/mol. The minimum atomic E-state index is -1.58. The molecule has 5 heteroatoms. The molecule has 0 saturated carbocycles. The van der Waals surface area contributed by atoms with Crippen LogP contribution in [0.3, 0.4) is 0 Å². The van der Waals surface area contributed by atoms with Crippen molar-refractivity contribution in [3.8, 4) is 0 Å². The van der Waals surface area contributed by atoms with Gasteiger partial charge >= 0.3 is 7.12 Å². The van der Waals surface area contributed by atoms with Crippen LogP contribution in [0.15, 0.2) is 54.7 Å². The highest BCUT2D eigenvalue weighted by Crippen LogP contribution is 2.31. The summed E-state index contributed by atoms with van der Waals surface area (Å²) in [7, 11) is -1.58. The highest BCUT2D eigenvalue weighted by Gasteiger charge is 2.16. The Morgan fingerprint density at radius 1 is 0.714 bits per heavy atom. The third-order valence-corrected chi connectivity index (χ3v) is 3.72. The van der Waals surface area contributed by atoms with Gasteiger partial charge in [-0.25, -0.2) is 0 Å². The molecular weight excluding hydrogens is 263 g/mol. The highest BCUT2D eigenvalue weighted by molar-refractivity contribution is 6.57. The van der Waals surface area contributed by atoms with Gasteiger partial charge in [-0.1, -0.05) is 36.4 Å². The van der Waals surface area contributed by atoms with E-state index in [9.17, 15) is 10.0 Å². The maximum atomic E-state index is 9.34. The van der Waals surface area contributed by atoms with Gasteiger partial charge in [0, 0.05) is 17.0 Å². The summed E-state index contributed by atoms with van der Waals surface area (Å²) in [6.07, 6.45) is 1.72. The zero-order valence-corrected chi connectivity index (χ0v) is 11.1. The molecule has 0 aliphatic rings. The van der Waals surface area contributed by atoms with Crippen molar-refractivity contribution < 1.29 is 10.0 Å². The summed E-state index contributed by atoms with van der Waals surface area (Å²) >= 11 is 0. The molecule has 2 aromatic carbocycles. The summed E-state index contributed by atoms with van der Waals surface area (Å²) < 4.78 is 0. The molecule has 0 radical (unpaired) electrons. The van der Waals surface area contributed by atoms with E-state index < -0.39 is 7.12 Å². The molecule has 0 unspecified atom stereocenters. The second-order valence-electron chi connectivity index (χ2n) is 4.95. The van der Waals surface area contributed by atoms with Gasteiger partial charge < -0.3 is 10.0 Å². The Kier molecular flexibility index (Phi) is 2.64. The predicted molar refractivity (Wildman–Crippen MR) is 84.4 cm³/mol. The van der Waals surface area contributed by atoms with Crippen LogP contribution in [-0.2, 0) is 0 Å². The number of fused-ring (bicyclic) bond motifs is 6. The number of aromatic nitrogens is 2. The topological polar surface area (TPSA) is 66.2 Å². The van der Waals surface area contributed by atoms with Crippen LogP contribution in [0.4, 0.5) is 0 Å². The van der Waals surface area contributed by atoms with E-state index in [0.717, 1.165) is 27.1 Å². The van der Waals surface area contributed by atoms with E-state index in [-0.39, 0.29) is 5.59 Å². The van der Waals surface area contributed by atoms with Crippen LogP contribution >= 0.6 is 0 Å². The summed E-state index contributed by atoms with van der Waals surface area (Å²) in [4.78, 5) is 8.82. The Balaban J connectivity index is 2.30. The third-order valence-electron chi connectivity index (χ3n) is 3.72. The lowest BCUT2D eigenvalue weighted by Gasteiger charge is -2.09. The van der Waals surface area contributed by atoms with Crippen molar-refractivity contribution in [1.82, 2.24) is 9.97 Å². The van der Waals surface area contributed by atoms with Crippen molar-refractivity contribution in [2.24, 2.45) is 0 Å². The van der Waals surface area contributed by atoms with E-state index in [4.69, 9.17) is 0 Å². The van der Waals surface area contributed by atoms with Gasteiger partial charge in [0.05, 0.1) is 16.6 Å². The number of rotatable bonds is 1. The van der Waals surface area contributed by atoms with Gasteiger partial charge in [0.15, 0.2) is 0 Å². The quantitative estimate of drug-likeness (QED) is 0.409. The van der Waals surface area contributed by atoms with E-state index in [2.05, 4.69) is 16.0 Å². The monoisotopic (exact) mass is 274 g/mol. The minimum absolute atomic E-state index is 0.227. The highest BCUT2D eigenvalue weighted by atomic mass is 16.4. The average Bonchev–Trinajstić information content (AvgIpc) is 2.54. The third kappa shape index (κ3) is 1.79. The van der Waals surface area contributed by atoms with E-state index in [1.165, 1.54) is 0 Å². The minimum Gasteiger partial charge on any atom is -0.422 e. The molecule has 4 rings (SSSR count). The van der Waals surface area contributed by atoms with Crippen molar-refractivity contribution in [2.45, 2.75) is 0 Å². The van der Waals surface area contributed by atoms with E-state index in [1.54, 1.807) is 12.3 Å². The Morgan fingerprint density at radius 2 is 1.38 bits per heavy atom. The maximum Gasteiger partial charge on any atom is 0.508 e. The van der Waals surface area contributed by atoms with E-state index in [1.807, 2.05) is 36.4 Å². The van der Waals surface area contributed by atoms with Crippen LogP contribution in [0.1, 0.15) is 0 Å². The number of pyridine rings is 2. The molecule has 0 spiro atoms. The van der Waals surface area contributed by atoms with Crippen molar-refractivity contribution in [3.63, 3.8) is 0 Å². The molecule has 0 aliphatic carbocycles. The largest absolute Gasteiger partial charge is 0.508 e. The first-order chi connectivity index (χ1) is 10.3. The van der Waals surface area contributed by atoms with Crippen LogP contribution in [0, 0.1) is 0 Å². The van der Waals surface area contributed by atoms with Crippen LogP contribution in [0.25, 0.3) is 32.6 Å². The van der Waals surface area contributed by atoms with Crippen LogP contribution in [0.5, 0.6) is 0 Å². The second-order valence-corrected chi connectivity index (χ2v) is 4.95. The van der Waals surface area contributed by atoms with Gasteiger partial charge in [-0.3, -0.25) is 9.97 Å². The van der Waals surface area contributed by atoms with Crippen molar-refractivity contribution in [2.75, 3.05) is 0 Å². The zero-order valence-electron chi connectivity index (χ0n) is 11.1. The molecule has 0 amide bonds. The first-order valence-electron chi connectivity index (χ1n) is 6.68. The Bertz CT molecular complexity index is 950. The number of nitrogens with zero attached hydrogens (tertiary/aromatic N) is 2. The molecule has 0 saturated heterocycles. The maximum absolute atomic E-state index is 9.34. The predicted octanol–water partition coefficient (Wildman–Crippen LogP) is 1.62. The molecule has 0 aliphatic heterocycles. The van der Waals surface area contributed by atoms with Gasteiger partial charge in [-0.05, 0) is 22.9 Å². The molecule has 4 nitrogen and oxygen atoms in total. The summed E-state index contributed by atoms with van der Waals surface area (Å²) in [6.45, 7) is 0. The molecular formula is C16H11BN2O2. The molecule has 2 heterocycles. The Labute approximate surface area is 120 Å². The summed E-state index contributed by atoms with van der Waals surface area (Å²) in [5.74, 6) is 0. The molecule has 21 heavy (non-hydrogen) atoms. The second kappa shape index (κ2) is 4.51. The van der Waals surface area contributed by atoms with Crippen molar-refractivity contribution in [3.05, 3.63) is 54.7 Å². The van der Waals surface area contributed by atoms with Gasteiger partial charge in [0.25, 0.3) is 0 Å². The number of hydrogen-bond acceptors (Lipinski definition) is 4. The molecule has 100 valence electrons. The lowest BCUT2D eigenvalue weighted by Crippen LogP contribution is -2.32. The Morgan fingerprint density at radius 3 is 2.10 bits per heavy atom.